The van der Waals surface area contributed by atoms with Crippen molar-refractivity contribution in [3.05, 3.63) is 82.6 Å². The van der Waals surface area contributed by atoms with Gasteiger partial charge in [-0.3, -0.25) is 4.79 Å². The Balaban J connectivity index is 1.82. The summed E-state index contributed by atoms with van der Waals surface area (Å²) in [6.07, 6.45) is 1.35. The van der Waals surface area contributed by atoms with Crippen LogP contribution in [0.15, 0.2) is 64.6 Å². The monoisotopic (exact) mass is 386 g/mol. The summed E-state index contributed by atoms with van der Waals surface area (Å²) >= 11 is 0. The van der Waals surface area contributed by atoms with E-state index in [9.17, 15) is 14.9 Å². The number of hydrogen-bond donors (Lipinski definition) is 2. The van der Waals surface area contributed by atoms with Gasteiger partial charge >= 0.3 is 5.97 Å². The SMILES string of the molecule is Cc1ccc(NC(=O)C(C#N)=Cc2ccc(-c3cccc(C(=O)O)c3)o2)cc1C. The number of hydrogen-bond acceptors (Lipinski definition) is 4. The molecule has 0 saturated carbocycles. The highest BCUT2D eigenvalue weighted by Crippen LogP contribution is 2.24. The van der Waals surface area contributed by atoms with Gasteiger partial charge in [0.25, 0.3) is 5.91 Å². The summed E-state index contributed by atoms with van der Waals surface area (Å²) in [7, 11) is 0. The average Bonchev–Trinajstić information content (AvgIpc) is 3.17. The van der Waals surface area contributed by atoms with Crippen molar-refractivity contribution in [2.24, 2.45) is 0 Å². The van der Waals surface area contributed by atoms with Gasteiger partial charge in [-0.1, -0.05) is 18.2 Å². The highest BCUT2D eigenvalue weighted by atomic mass is 16.4. The second-order valence-corrected chi connectivity index (χ2v) is 6.51. The molecule has 0 radical (unpaired) electrons. The van der Waals surface area contributed by atoms with Crippen LogP contribution in [-0.2, 0) is 4.79 Å². The number of anilines is 1. The van der Waals surface area contributed by atoms with Crippen LogP contribution in [0.4, 0.5) is 5.69 Å². The molecule has 0 unspecified atom stereocenters. The lowest BCUT2D eigenvalue weighted by atomic mass is 10.1. The van der Waals surface area contributed by atoms with Crippen molar-refractivity contribution in [2.45, 2.75) is 13.8 Å². The maximum absolute atomic E-state index is 12.4. The summed E-state index contributed by atoms with van der Waals surface area (Å²) in [6, 6.07) is 17.0. The molecule has 1 amide bonds. The normalized spacial score (nSPS) is 11.0. The number of aryl methyl sites for hydroxylation is 2. The maximum Gasteiger partial charge on any atom is 0.335 e. The number of carboxylic acid groups (broad SMARTS) is 1. The molecule has 1 aromatic heterocycles. The van der Waals surface area contributed by atoms with Gasteiger partial charge in [-0.05, 0) is 61.4 Å². The molecule has 3 aromatic rings. The fourth-order valence-electron chi connectivity index (χ4n) is 2.70. The highest BCUT2D eigenvalue weighted by Gasteiger charge is 2.13. The van der Waals surface area contributed by atoms with Crippen LogP contribution in [0, 0.1) is 25.2 Å². The molecule has 0 atom stereocenters. The number of carboxylic acids is 1. The van der Waals surface area contributed by atoms with Crippen molar-refractivity contribution in [2.75, 3.05) is 5.32 Å². The van der Waals surface area contributed by atoms with Crippen molar-refractivity contribution in [1.29, 1.82) is 5.26 Å². The molecule has 0 aliphatic heterocycles. The van der Waals surface area contributed by atoms with Crippen molar-refractivity contribution in [1.82, 2.24) is 0 Å². The summed E-state index contributed by atoms with van der Waals surface area (Å²) in [5.41, 5.74) is 3.36. The molecular weight excluding hydrogens is 368 g/mol. The summed E-state index contributed by atoms with van der Waals surface area (Å²) < 4.78 is 5.67. The van der Waals surface area contributed by atoms with Crippen molar-refractivity contribution < 1.29 is 19.1 Å². The quantitative estimate of drug-likeness (QED) is 0.484. The van der Waals surface area contributed by atoms with Gasteiger partial charge in [-0.15, -0.1) is 0 Å². The lowest BCUT2D eigenvalue weighted by Gasteiger charge is -2.06. The van der Waals surface area contributed by atoms with Gasteiger partial charge in [0.2, 0.25) is 0 Å². The Bertz CT molecular complexity index is 1170. The third-order valence-corrected chi connectivity index (χ3v) is 4.44. The number of rotatable bonds is 5. The molecule has 0 bridgehead atoms. The van der Waals surface area contributed by atoms with E-state index in [0.29, 0.717) is 22.8 Å². The maximum atomic E-state index is 12.4. The van der Waals surface area contributed by atoms with Crippen LogP contribution in [0.25, 0.3) is 17.4 Å². The van der Waals surface area contributed by atoms with Gasteiger partial charge in [0.05, 0.1) is 5.56 Å². The average molecular weight is 386 g/mol. The first-order chi connectivity index (χ1) is 13.9. The van der Waals surface area contributed by atoms with E-state index in [-0.39, 0.29) is 11.1 Å². The largest absolute Gasteiger partial charge is 0.478 e. The van der Waals surface area contributed by atoms with Gasteiger partial charge in [-0.25, -0.2) is 4.79 Å². The zero-order chi connectivity index (χ0) is 21.0. The van der Waals surface area contributed by atoms with Gasteiger partial charge in [0.1, 0.15) is 23.2 Å². The minimum absolute atomic E-state index is 0.108. The Kier molecular flexibility index (Phi) is 5.61. The summed E-state index contributed by atoms with van der Waals surface area (Å²) in [6.45, 7) is 3.91. The lowest BCUT2D eigenvalue weighted by molar-refractivity contribution is -0.112. The molecule has 1 heterocycles. The first-order valence-electron chi connectivity index (χ1n) is 8.81. The standard InChI is InChI=1S/C23H18N2O4/c1-14-6-7-19(10-15(14)2)25-22(26)18(13-24)12-20-8-9-21(29-20)16-4-3-5-17(11-16)23(27)28/h3-12H,1-2H3,(H,25,26)(H,27,28). The molecule has 6 nitrogen and oxygen atoms in total. The van der Waals surface area contributed by atoms with E-state index in [1.165, 1.54) is 18.2 Å². The molecule has 2 aromatic carbocycles. The van der Waals surface area contributed by atoms with E-state index in [2.05, 4.69) is 5.32 Å². The summed E-state index contributed by atoms with van der Waals surface area (Å²) in [5, 5.41) is 21.2. The fraction of sp³-hybridized carbons (Fsp3) is 0.0870. The van der Waals surface area contributed by atoms with E-state index >= 15 is 0 Å². The number of benzene rings is 2. The Hall–Kier alpha value is -4.11. The number of carbonyl (C=O) groups excluding carboxylic acids is 1. The molecule has 6 heteroatoms. The molecule has 0 aliphatic rings. The number of carbonyl (C=O) groups is 2. The topological polar surface area (TPSA) is 103 Å². The molecule has 2 N–H and O–H groups in total. The number of amides is 1. The highest BCUT2D eigenvalue weighted by molar-refractivity contribution is 6.09. The number of nitrogens with zero attached hydrogens (tertiary/aromatic N) is 1. The third kappa shape index (κ3) is 4.60. The van der Waals surface area contributed by atoms with Crippen LogP contribution in [0.2, 0.25) is 0 Å². The fourth-order valence-corrected chi connectivity index (χ4v) is 2.70. The second kappa shape index (κ2) is 8.28. The van der Waals surface area contributed by atoms with Crippen LogP contribution in [-0.4, -0.2) is 17.0 Å². The molecule has 0 spiro atoms. The van der Waals surface area contributed by atoms with Crippen LogP contribution in [0.3, 0.4) is 0 Å². The first-order valence-corrected chi connectivity index (χ1v) is 8.81. The van der Waals surface area contributed by atoms with E-state index < -0.39 is 11.9 Å². The van der Waals surface area contributed by atoms with Crippen LogP contribution in [0.1, 0.15) is 27.2 Å². The smallest absolute Gasteiger partial charge is 0.335 e. The number of furan rings is 1. The van der Waals surface area contributed by atoms with Gasteiger partial charge in [-0.2, -0.15) is 5.26 Å². The molecular formula is C23H18N2O4. The Morgan fingerprint density at radius 1 is 1.07 bits per heavy atom. The van der Waals surface area contributed by atoms with E-state index in [4.69, 9.17) is 9.52 Å². The molecule has 29 heavy (non-hydrogen) atoms. The van der Waals surface area contributed by atoms with Gasteiger partial charge in [0, 0.05) is 17.3 Å². The number of aromatic carboxylic acids is 1. The number of nitrogens with one attached hydrogen (secondary N) is 1. The van der Waals surface area contributed by atoms with E-state index in [1.54, 1.807) is 30.3 Å². The minimum atomic E-state index is -1.03. The van der Waals surface area contributed by atoms with Crippen molar-refractivity contribution in [3.63, 3.8) is 0 Å². The lowest BCUT2D eigenvalue weighted by Crippen LogP contribution is -2.13. The zero-order valence-corrected chi connectivity index (χ0v) is 15.9. The summed E-state index contributed by atoms with van der Waals surface area (Å²) in [4.78, 5) is 23.5. The Labute approximate surface area is 167 Å². The summed E-state index contributed by atoms with van der Waals surface area (Å²) in [5.74, 6) is -0.825. The predicted octanol–water partition coefficient (Wildman–Crippen LogP) is 4.81. The molecule has 3 rings (SSSR count). The number of nitriles is 1. The minimum Gasteiger partial charge on any atom is -0.478 e. The predicted molar refractivity (Wildman–Crippen MR) is 109 cm³/mol. The van der Waals surface area contributed by atoms with Crippen LogP contribution >= 0.6 is 0 Å². The Morgan fingerprint density at radius 2 is 1.86 bits per heavy atom. The van der Waals surface area contributed by atoms with Crippen LogP contribution in [0.5, 0.6) is 0 Å². The molecule has 0 saturated heterocycles. The third-order valence-electron chi connectivity index (χ3n) is 4.44. The van der Waals surface area contributed by atoms with E-state index in [1.807, 2.05) is 32.0 Å². The van der Waals surface area contributed by atoms with Gasteiger partial charge in [0.15, 0.2) is 0 Å². The Morgan fingerprint density at radius 3 is 2.55 bits per heavy atom. The zero-order valence-electron chi connectivity index (χ0n) is 15.9. The molecule has 144 valence electrons. The van der Waals surface area contributed by atoms with Crippen molar-refractivity contribution >= 4 is 23.6 Å². The first kappa shape index (κ1) is 19.6. The second-order valence-electron chi connectivity index (χ2n) is 6.51. The van der Waals surface area contributed by atoms with Crippen LogP contribution < -0.4 is 5.32 Å². The molecule has 0 aliphatic carbocycles. The molecule has 0 fully saturated rings. The van der Waals surface area contributed by atoms with Crippen molar-refractivity contribution in [3.8, 4) is 17.4 Å². The van der Waals surface area contributed by atoms with Gasteiger partial charge < -0.3 is 14.8 Å². The van der Waals surface area contributed by atoms with E-state index in [0.717, 1.165) is 11.1 Å².